The number of aliphatic carboxylic acids is 1. The van der Waals surface area contributed by atoms with Crippen LogP contribution in [-0.4, -0.2) is 40.0 Å². The molecule has 0 aliphatic carbocycles. The number of carbonyl (C=O) groups excluding carboxylic acids is 1. The lowest BCUT2D eigenvalue weighted by Crippen LogP contribution is -2.37. The fourth-order valence-corrected chi connectivity index (χ4v) is 1.01. The molecule has 17 heavy (non-hydrogen) atoms. The van der Waals surface area contributed by atoms with E-state index in [0.717, 1.165) is 0 Å². The molecule has 8 nitrogen and oxygen atoms in total. The van der Waals surface area contributed by atoms with Crippen LogP contribution in [0.5, 0.6) is 0 Å². The first kappa shape index (κ1) is 13.0. The predicted molar refractivity (Wildman–Crippen MR) is 55.0 cm³/mol. The zero-order valence-electron chi connectivity index (χ0n) is 8.92. The number of hydrogen-bond acceptors (Lipinski definition) is 5. The van der Waals surface area contributed by atoms with Crippen LogP contribution in [0, 0.1) is 0 Å². The number of aromatic nitrogens is 1. The van der Waals surface area contributed by atoms with Gasteiger partial charge in [-0.2, -0.15) is 0 Å². The van der Waals surface area contributed by atoms with Gasteiger partial charge in [0, 0.05) is 19.0 Å². The second-order valence-corrected chi connectivity index (χ2v) is 3.23. The zero-order valence-corrected chi connectivity index (χ0v) is 8.92. The fourth-order valence-electron chi connectivity index (χ4n) is 1.01. The van der Waals surface area contributed by atoms with Gasteiger partial charge in [0.05, 0.1) is 12.7 Å². The van der Waals surface area contributed by atoms with Crippen LogP contribution in [0.25, 0.3) is 0 Å². The summed E-state index contributed by atoms with van der Waals surface area (Å²) in [5, 5.41) is 25.6. The van der Waals surface area contributed by atoms with Gasteiger partial charge < -0.3 is 25.4 Å². The molecule has 1 rings (SSSR count). The van der Waals surface area contributed by atoms with Crippen molar-refractivity contribution >= 4 is 12.0 Å². The number of hydrogen-bond donors (Lipinski definition) is 4. The van der Waals surface area contributed by atoms with E-state index < -0.39 is 18.1 Å². The first-order valence-corrected chi connectivity index (χ1v) is 4.91. The maximum absolute atomic E-state index is 11.2. The average Bonchev–Trinajstić information content (AvgIpc) is 2.78. The highest BCUT2D eigenvalue weighted by Gasteiger charge is 2.12. The van der Waals surface area contributed by atoms with Crippen molar-refractivity contribution in [2.24, 2.45) is 0 Å². The highest BCUT2D eigenvalue weighted by Crippen LogP contribution is 1.94. The number of urea groups is 1. The highest BCUT2D eigenvalue weighted by molar-refractivity contribution is 5.74. The molecule has 1 atom stereocenters. The first-order valence-electron chi connectivity index (χ1n) is 4.91. The Labute approximate surface area is 96.6 Å². The molecule has 0 saturated heterocycles. The van der Waals surface area contributed by atoms with E-state index in [-0.39, 0.29) is 19.5 Å². The van der Waals surface area contributed by atoms with Crippen LogP contribution in [0.3, 0.4) is 0 Å². The van der Waals surface area contributed by atoms with E-state index in [9.17, 15) is 9.59 Å². The smallest absolute Gasteiger partial charge is 0.332 e. The minimum absolute atomic E-state index is 0.0505. The topological polar surface area (TPSA) is 125 Å². The summed E-state index contributed by atoms with van der Waals surface area (Å²) in [5.74, 6) is -0.806. The summed E-state index contributed by atoms with van der Waals surface area (Å²) in [6.07, 6.45) is -0.0620. The monoisotopic (exact) mass is 243 g/mol. The molecular weight excluding hydrogens is 230 g/mol. The van der Waals surface area contributed by atoms with Gasteiger partial charge in [-0.3, -0.25) is 0 Å². The van der Waals surface area contributed by atoms with Crippen molar-refractivity contribution in [1.29, 1.82) is 0 Å². The van der Waals surface area contributed by atoms with E-state index in [4.69, 9.17) is 14.7 Å². The van der Waals surface area contributed by atoms with E-state index in [1.807, 2.05) is 0 Å². The first-order chi connectivity index (χ1) is 8.09. The highest BCUT2D eigenvalue weighted by atomic mass is 16.5. The molecule has 0 aliphatic rings. The van der Waals surface area contributed by atoms with Gasteiger partial charge in [0.15, 0.2) is 11.9 Å². The third-order valence-electron chi connectivity index (χ3n) is 1.90. The number of nitrogens with one attached hydrogen (secondary N) is 2. The lowest BCUT2D eigenvalue weighted by Gasteiger charge is -2.07. The number of carbonyl (C=O) groups is 2. The minimum Gasteiger partial charge on any atom is -0.479 e. The molecule has 94 valence electrons. The molecule has 0 aromatic carbocycles. The van der Waals surface area contributed by atoms with Crippen LogP contribution in [0.15, 0.2) is 16.8 Å². The van der Waals surface area contributed by atoms with Crippen molar-refractivity contribution in [2.75, 3.05) is 6.54 Å². The molecule has 8 heteroatoms. The van der Waals surface area contributed by atoms with Crippen molar-refractivity contribution in [1.82, 2.24) is 15.8 Å². The fraction of sp³-hybridized carbons (Fsp3) is 0.444. The van der Waals surface area contributed by atoms with Gasteiger partial charge in [0.25, 0.3) is 0 Å². The molecule has 0 bridgehead atoms. The van der Waals surface area contributed by atoms with E-state index in [1.165, 1.54) is 6.20 Å². The predicted octanol–water partition coefficient (Wildman–Crippen LogP) is -0.691. The number of amides is 2. The number of aliphatic hydroxyl groups excluding tert-OH is 1. The number of rotatable bonds is 6. The summed E-state index contributed by atoms with van der Waals surface area (Å²) in [6.45, 7) is 0.253. The van der Waals surface area contributed by atoms with Crippen LogP contribution in [-0.2, 0) is 11.3 Å². The van der Waals surface area contributed by atoms with Gasteiger partial charge in [-0.05, 0) is 0 Å². The molecule has 0 saturated carbocycles. The Balaban J connectivity index is 2.11. The third kappa shape index (κ3) is 4.98. The zero-order chi connectivity index (χ0) is 12.7. The number of aliphatic hydroxyl groups is 1. The Morgan fingerprint density at radius 2 is 2.24 bits per heavy atom. The Hall–Kier alpha value is -2.09. The van der Waals surface area contributed by atoms with Gasteiger partial charge in [-0.1, -0.05) is 5.16 Å². The second-order valence-electron chi connectivity index (χ2n) is 3.23. The molecule has 0 unspecified atom stereocenters. The molecule has 4 N–H and O–H groups in total. The summed E-state index contributed by atoms with van der Waals surface area (Å²) in [4.78, 5) is 21.4. The normalized spacial score (nSPS) is 11.8. The number of carboxylic acid groups (broad SMARTS) is 1. The van der Waals surface area contributed by atoms with Crippen molar-refractivity contribution in [3.63, 3.8) is 0 Å². The molecule has 0 aliphatic heterocycles. The number of nitrogens with zero attached hydrogens (tertiary/aromatic N) is 1. The lowest BCUT2D eigenvalue weighted by atomic mass is 10.2. The molecule has 1 heterocycles. The Morgan fingerprint density at radius 1 is 1.47 bits per heavy atom. The SMILES string of the molecule is O=C(NCC[C@H](O)C(=O)O)NCc1ccno1. The molecular formula is C9H13N3O5. The van der Waals surface area contributed by atoms with Crippen LogP contribution in [0.4, 0.5) is 4.79 Å². The molecule has 0 fully saturated rings. The van der Waals surface area contributed by atoms with Crippen LogP contribution < -0.4 is 10.6 Å². The van der Waals surface area contributed by atoms with Gasteiger partial charge in [-0.15, -0.1) is 0 Å². The van der Waals surface area contributed by atoms with Gasteiger partial charge >= 0.3 is 12.0 Å². The van der Waals surface area contributed by atoms with E-state index in [0.29, 0.717) is 5.76 Å². The lowest BCUT2D eigenvalue weighted by molar-refractivity contribution is -0.146. The van der Waals surface area contributed by atoms with Crippen molar-refractivity contribution < 1.29 is 24.3 Å². The maximum Gasteiger partial charge on any atom is 0.332 e. The third-order valence-corrected chi connectivity index (χ3v) is 1.90. The Kier molecular flexibility index (Phi) is 4.95. The Morgan fingerprint density at radius 3 is 2.82 bits per heavy atom. The van der Waals surface area contributed by atoms with Crippen molar-refractivity contribution in [3.05, 3.63) is 18.0 Å². The summed E-state index contributed by atoms with van der Waals surface area (Å²) < 4.78 is 4.75. The van der Waals surface area contributed by atoms with Gasteiger partial charge in [0.2, 0.25) is 0 Å². The van der Waals surface area contributed by atoms with Gasteiger partial charge in [0.1, 0.15) is 0 Å². The average molecular weight is 243 g/mol. The van der Waals surface area contributed by atoms with E-state index in [2.05, 4.69) is 15.8 Å². The second kappa shape index (κ2) is 6.48. The van der Waals surface area contributed by atoms with Crippen molar-refractivity contribution in [3.8, 4) is 0 Å². The maximum atomic E-state index is 11.2. The molecule has 1 aromatic heterocycles. The summed E-state index contributed by atoms with van der Waals surface area (Å²) in [7, 11) is 0. The summed E-state index contributed by atoms with van der Waals surface area (Å²) in [5.41, 5.74) is 0. The molecule has 0 spiro atoms. The molecule has 2 amide bonds. The van der Waals surface area contributed by atoms with E-state index >= 15 is 0 Å². The van der Waals surface area contributed by atoms with Crippen molar-refractivity contribution in [2.45, 2.75) is 19.1 Å². The quantitative estimate of drug-likeness (QED) is 0.524. The summed E-state index contributed by atoms with van der Waals surface area (Å²) >= 11 is 0. The Bertz CT molecular complexity index is 365. The van der Waals surface area contributed by atoms with E-state index in [1.54, 1.807) is 6.07 Å². The molecule has 1 aromatic rings. The largest absolute Gasteiger partial charge is 0.479 e. The molecule has 0 radical (unpaired) electrons. The van der Waals surface area contributed by atoms with Gasteiger partial charge in [-0.25, -0.2) is 9.59 Å². The van der Waals surface area contributed by atoms with Crippen LogP contribution in [0.1, 0.15) is 12.2 Å². The van der Waals surface area contributed by atoms with Crippen LogP contribution in [0.2, 0.25) is 0 Å². The number of carboxylic acids is 1. The van der Waals surface area contributed by atoms with Crippen LogP contribution >= 0.6 is 0 Å². The standard InChI is InChI=1S/C9H13N3O5/c13-7(8(14)15)2-3-10-9(16)11-5-6-1-4-12-17-6/h1,4,7,13H,2-3,5H2,(H,14,15)(H2,10,11,16)/t7-/m0/s1. The summed E-state index contributed by atoms with van der Waals surface area (Å²) in [6, 6.07) is 1.13. The minimum atomic E-state index is -1.47.